The molecule has 188 valence electrons. The van der Waals surface area contributed by atoms with Crippen LogP contribution in [0.2, 0.25) is 5.28 Å². The van der Waals surface area contributed by atoms with Crippen molar-refractivity contribution in [1.29, 1.82) is 0 Å². The first-order valence-electron chi connectivity index (χ1n) is 11.1. The van der Waals surface area contributed by atoms with E-state index in [2.05, 4.69) is 15.3 Å². The number of primary amides is 1. The molecule has 0 spiro atoms. The number of hydrogen-bond acceptors (Lipinski definition) is 6. The van der Waals surface area contributed by atoms with Gasteiger partial charge in [0.2, 0.25) is 5.28 Å². The fraction of sp³-hybridized carbons (Fsp3) is 0.500. The Morgan fingerprint density at radius 2 is 1.82 bits per heavy atom. The second-order valence-corrected chi connectivity index (χ2v) is 8.16. The number of alkyl halides is 3. The highest BCUT2D eigenvalue weighted by atomic mass is 35.5. The molecule has 2 aromatic rings. The van der Waals surface area contributed by atoms with Crippen LogP contribution in [-0.4, -0.2) is 26.9 Å². The zero-order valence-corrected chi connectivity index (χ0v) is 20.0. The minimum atomic E-state index is -4.49. The molecule has 2 amide bonds. The Morgan fingerprint density at radius 1 is 1.18 bits per heavy atom. The molecule has 2 heterocycles. The van der Waals surface area contributed by atoms with E-state index in [-0.39, 0.29) is 30.6 Å². The molecule has 34 heavy (non-hydrogen) atoms. The van der Waals surface area contributed by atoms with Crippen LogP contribution in [-0.2, 0) is 25.8 Å². The normalized spacial score (nSPS) is 15.1. The summed E-state index contributed by atoms with van der Waals surface area (Å²) in [6, 6.07) is 3.23. The largest absolute Gasteiger partial charge is 0.416 e. The van der Waals surface area contributed by atoms with E-state index in [1.165, 1.54) is 36.6 Å². The van der Waals surface area contributed by atoms with Crippen LogP contribution < -0.4 is 22.5 Å². The van der Waals surface area contributed by atoms with Gasteiger partial charge >= 0.3 is 12.2 Å². The van der Waals surface area contributed by atoms with Crippen LogP contribution in [0, 0.1) is 0 Å². The highest BCUT2D eigenvalue weighted by molar-refractivity contribution is 6.28. The Labute approximate surface area is 202 Å². The summed E-state index contributed by atoms with van der Waals surface area (Å²) in [5.41, 5.74) is 17.0. The molecule has 8 nitrogen and oxygen atoms in total. The summed E-state index contributed by atoms with van der Waals surface area (Å²) in [4.78, 5) is 20.8. The van der Waals surface area contributed by atoms with Crippen molar-refractivity contribution >= 4 is 29.1 Å². The SMILES string of the molecule is CC.NC(=O)N1Cc2nc(Cl)nc(NCc3cc(N)cc(C(F)(F)F)c3)c2C1.NC1CCCC1. The van der Waals surface area contributed by atoms with Crippen LogP contribution in [0.4, 0.5) is 29.5 Å². The zero-order chi connectivity index (χ0) is 25.5. The predicted molar refractivity (Wildman–Crippen MR) is 127 cm³/mol. The molecule has 12 heteroatoms. The number of fused-ring (bicyclic) bond motifs is 1. The Kier molecular flexibility index (Phi) is 9.75. The molecular formula is C22H31ClF3N7O. The maximum absolute atomic E-state index is 12.9. The molecule has 1 aliphatic carbocycles. The number of rotatable bonds is 3. The molecule has 0 saturated heterocycles. The molecule has 0 atom stereocenters. The number of nitrogens with one attached hydrogen (secondary N) is 1. The van der Waals surface area contributed by atoms with Gasteiger partial charge in [0.15, 0.2) is 0 Å². The van der Waals surface area contributed by atoms with E-state index in [0.29, 0.717) is 28.7 Å². The van der Waals surface area contributed by atoms with Crippen molar-refractivity contribution < 1.29 is 18.0 Å². The fourth-order valence-electron chi connectivity index (χ4n) is 3.65. The average molecular weight is 502 g/mol. The maximum Gasteiger partial charge on any atom is 0.416 e. The molecular weight excluding hydrogens is 471 g/mol. The van der Waals surface area contributed by atoms with Gasteiger partial charge in [0.05, 0.1) is 24.3 Å². The number of carbonyl (C=O) groups excluding carboxylic acids is 1. The smallest absolute Gasteiger partial charge is 0.399 e. The number of hydrogen-bond donors (Lipinski definition) is 4. The molecule has 0 bridgehead atoms. The Morgan fingerprint density at radius 3 is 2.35 bits per heavy atom. The molecule has 7 N–H and O–H groups in total. The average Bonchev–Trinajstić information content (AvgIpc) is 3.42. The Hall–Kier alpha value is -2.79. The number of aromatic nitrogens is 2. The van der Waals surface area contributed by atoms with Crippen LogP contribution >= 0.6 is 11.6 Å². The number of urea groups is 1. The lowest BCUT2D eigenvalue weighted by Gasteiger charge is -2.13. The van der Waals surface area contributed by atoms with Gasteiger partial charge in [-0.15, -0.1) is 0 Å². The van der Waals surface area contributed by atoms with E-state index in [1.807, 2.05) is 13.8 Å². The molecule has 1 saturated carbocycles. The summed E-state index contributed by atoms with van der Waals surface area (Å²) >= 11 is 5.88. The Bertz CT molecular complexity index is 982. The molecule has 1 aromatic heterocycles. The summed E-state index contributed by atoms with van der Waals surface area (Å²) in [7, 11) is 0. The van der Waals surface area contributed by atoms with Gasteiger partial charge < -0.3 is 27.4 Å². The monoisotopic (exact) mass is 501 g/mol. The number of benzene rings is 1. The lowest BCUT2D eigenvalue weighted by atomic mass is 10.1. The van der Waals surface area contributed by atoms with Gasteiger partial charge in [-0.25, -0.2) is 14.8 Å². The number of carbonyl (C=O) groups is 1. The van der Waals surface area contributed by atoms with Gasteiger partial charge in [-0.2, -0.15) is 13.2 Å². The second kappa shape index (κ2) is 12.1. The first kappa shape index (κ1) is 27.5. The number of nitrogens with zero attached hydrogens (tertiary/aromatic N) is 3. The second-order valence-electron chi connectivity index (χ2n) is 7.82. The minimum absolute atomic E-state index is 0.00229. The number of halogens is 4. The van der Waals surface area contributed by atoms with Crippen LogP contribution in [0.15, 0.2) is 18.2 Å². The van der Waals surface area contributed by atoms with Crippen molar-refractivity contribution in [3.63, 3.8) is 0 Å². The molecule has 4 rings (SSSR count). The van der Waals surface area contributed by atoms with E-state index < -0.39 is 17.8 Å². The molecule has 0 unspecified atom stereocenters. The van der Waals surface area contributed by atoms with Crippen LogP contribution in [0.25, 0.3) is 0 Å². The fourth-order valence-corrected chi connectivity index (χ4v) is 3.84. The summed E-state index contributed by atoms with van der Waals surface area (Å²) in [6.07, 6.45) is 0.758. The maximum atomic E-state index is 12.9. The molecule has 1 aromatic carbocycles. The van der Waals surface area contributed by atoms with Crippen molar-refractivity contribution in [2.24, 2.45) is 11.5 Å². The lowest BCUT2D eigenvalue weighted by molar-refractivity contribution is -0.137. The molecule has 1 aliphatic heterocycles. The zero-order valence-electron chi connectivity index (χ0n) is 19.3. The van der Waals surface area contributed by atoms with E-state index in [4.69, 9.17) is 28.8 Å². The van der Waals surface area contributed by atoms with E-state index in [0.717, 1.165) is 12.1 Å². The summed E-state index contributed by atoms with van der Waals surface area (Å²) < 4.78 is 38.7. The minimum Gasteiger partial charge on any atom is -0.399 e. The van der Waals surface area contributed by atoms with Crippen molar-refractivity contribution in [2.45, 2.75) is 71.4 Å². The van der Waals surface area contributed by atoms with Gasteiger partial charge in [-0.05, 0) is 48.2 Å². The van der Waals surface area contributed by atoms with Gasteiger partial charge in [0.25, 0.3) is 0 Å². The summed E-state index contributed by atoms with van der Waals surface area (Å²) in [6.45, 7) is 4.41. The predicted octanol–water partition coefficient (Wildman–Crippen LogP) is 4.65. The third kappa shape index (κ3) is 7.63. The quantitative estimate of drug-likeness (QED) is 0.357. The highest BCUT2D eigenvalue weighted by Gasteiger charge is 2.31. The summed E-state index contributed by atoms with van der Waals surface area (Å²) in [5, 5.41) is 2.89. The van der Waals surface area contributed by atoms with Crippen molar-refractivity contribution in [2.75, 3.05) is 11.1 Å². The van der Waals surface area contributed by atoms with E-state index in [1.54, 1.807) is 0 Å². The van der Waals surface area contributed by atoms with Crippen molar-refractivity contribution in [1.82, 2.24) is 14.9 Å². The lowest BCUT2D eigenvalue weighted by Crippen LogP contribution is -2.30. The number of anilines is 2. The van der Waals surface area contributed by atoms with Crippen molar-refractivity contribution in [3.05, 3.63) is 45.9 Å². The van der Waals surface area contributed by atoms with Gasteiger partial charge in [-0.1, -0.05) is 26.7 Å². The van der Waals surface area contributed by atoms with Crippen LogP contribution in [0.1, 0.15) is 61.9 Å². The summed E-state index contributed by atoms with van der Waals surface area (Å²) in [5.74, 6) is 0.333. The van der Waals surface area contributed by atoms with E-state index >= 15 is 0 Å². The first-order chi connectivity index (χ1) is 16.0. The third-order valence-corrected chi connectivity index (χ3v) is 5.44. The highest BCUT2D eigenvalue weighted by Crippen LogP contribution is 2.32. The standard InChI is InChI=1S/C15H14ClF3N6O.C5H11N.C2H6/c16-13-23-11-6-25(14(21)26)5-10(11)12(24-13)22-4-7-1-8(15(17,18)19)3-9(20)2-7;6-5-3-1-2-4-5;1-2/h1-3H,4-6,20H2,(H2,21,26)(H,22,23,24);5H,1-4,6H2;1-2H3. The number of amides is 2. The van der Waals surface area contributed by atoms with Crippen LogP contribution in [0.5, 0.6) is 0 Å². The van der Waals surface area contributed by atoms with Gasteiger partial charge in [-0.3, -0.25) is 0 Å². The number of nitrogen functional groups attached to an aromatic ring is 1. The third-order valence-electron chi connectivity index (χ3n) is 5.27. The first-order valence-corrected chi connectivity index (χ1v) is 11.5. The molecule has 2 aliphatic rings. The van der Waals surface area contributed by atoms with Crippen molar-refractivity contribution in [3.8, 4) is 0 Å². The van der Waals surface area contributed by atoms with Gasteiger partial charge in [0.1, 0.15) is 5.82 Å². The molecule has 1 fully saturated rings. The van der Waals surface area contributed by atoms with E-state index in [9.17, 15) is 18.0 Å². The topological polar surface area (TPSA) is 136 Å². The Balaban J connectivity index is 0.000000437. The number of nitrogens with two attached hydrogens (primary N) is 3. The van der Waals surface area contributed by atoms with Gasteiger partial charge in [0, 0.05) is 23.8 Å². The van der Waals surface area contributed by atoms with Crippen LogP contribution in [0.3, 0.4) is 0 Å². The molecule has 0 radical (unpaired) electrons.